The minimum Gasteiger partial charge on any atom is -0.357 e. The highest BCUT2D eigenvalue weighted by atomic mass is 16.8. The molecule has 4 rings (SSSR count). The number of carbonyl (C=O) groups is 1. The third kappa shape index (κ3) is 3.93. The summed E-state index contributed by atoms with van der Waals surface area (Å²) in [6, 6.07) is 30.2. The second-order valence-electron chi connectivity index (χ2n) is 8.40. The highest BCUT2D eigenvalue weighted by Gasteiger charge is 2.53. The zero-order valence-electron chi connectivity index (χ0n) is 18.4. The number of aldehydes is 1. The van der Waals surface area contributed by atoms with Crippen molar-refractivity contribution in [2.75, 3.05) is 6.61 Å². The molecule has 0 N–H and O–H groups in total. The normalized spacial score (nSPS) is 22.4. The first-order chi connectivity index (χ1) is 15.5. The van der Waals surface area contributed by atoms with Crippen molar-refractivity contribution >= 4 is 6.29 Å². The Bertz CT molecular complexity index is 950. The van der Waals surface area contributed by atoms with Crippen LogP contribution in [0.15, 0.2) is 104 Å². The lowest BCUT2D eigenvalue weighted by Gasteiger charge is -2.39. The Morgan fingerprint density at radius 1 is 0.875 bits per heavy atom. The Labute approximate surface area is 189 Å². The SMILES string of the molecule is C=C[C@@]1(COC(c2ccccc2)(c2ccccc2)c2ccccc2)OC(C)(C)O[C@H]1C=O. The van der Waals surface area contributed by atoms with Crippen molar-refractivity contribution in [2.45, 2.75) is 36.9 Å². The third-order valence-electron chi connectivity index (χ3n) is 5.85. The van der Waals surface area contributed by atoms with Crippen molar-refractivity contribution < 1.29 is 19.0 Å². The van der Waals surface area contributed by atoms with Crippen molar-refractivity contribution in [2.24, 2.45) is 0 Å². The zero-order valence-corrected chi connectivity index (χ0v) is 18.4. The van der Waals surface area contributed by atoms with Crippen LogP contribution in [0.5, 0.6) is 0 Å². The molecule has 0 saturated carbocycles. The number of rotatable bonds is 8. The molecule has 1 aliphatic rings. The van der Waals surface area contributed by atoms with Gasteiger partial charge in [-0.2, -0.15) is 0 Å². The van der Waals surface area contributed by atoms with Gasteiger partial charge in [0.05, 0.1) is 6.61 Å². The van der Waals surface area contributed by atoms with Crippen LogP contribution >= 0.6 is 0 Å². The van der Waals surface area contributed by atoms with E-state index in [4.69, 9.17) is 14.2 Å². The summed E-state index contributed by atoms with van der Waals surface area (Å²) in [7, 11) is 0. The first-order valence-electron chi connectivity index (χ1n) is 10.7. The maximum atomic E-state index is 11.9. The molecule has 0 unspecified atom stereocenters. The second kappa shape index (κ2) is 8.83. The topological polar surface area (TPSA) is 44.8 Å². The molecule has 1 heterocycles. The van der Waals surface area contributed by atoms with Crippen molar-refractivity contribution in [1.82, 2.24) is 0 Å². The minimum absolute atomic E-state index is 0.0714. The van der Waals surface area contributed by atoms with Crippen molar-refractivity contribution in [3.63, 3.8) is 0 Å². The van der Waals surface area contributed by atoms with Gasteiger partial charge in [-0.25, -0.2) is 0 Å². The van der Waals surface area contributed by atoms with Gasteiger partial charge in [0.15, 0.2) is 18.2 Å². The third-order valence-corrected chi connectivity index (χ3v) is 5.85. The molecule has 4 heteroatoms. The van der Waals surface area contributed by atoms with E-state index in [9.17, 15) is 4.79 Å². The van der Waals surface area contributed by atoms with Gasteiger partial charge < -0.3 is 19.0 Å². The molecule has 2 atom stereocenters. The molecule has 1 fully saturated rings. The smallest absolute Gasteiger partial charge is 0.165 e. The summed E-state index contributed by atoms with van der Waals surface area (Å²) in [6.07, 6.45) is 1.55. The summed E-state index contributed by atoms with van der Waals surface area (Å²) < 4.78 is 18.9. The fourth-order valence-electron chi connectivity index (χ4n) is 4.41. The van der Waals surface area contributed by atoms with Crippen LogP contribution in [0.4, 0.5) is 0 Å². The van der Waals surface area contributed by atoms with E-state index in [0.29, 0.717) is 0 Å². The number of hydrogen-bond donors (Lipinski definition) is 0. The molecular weight excluding hydrogens is 400 g/mol. The van der Waals surface area contributed by atoms with Crippen LogP contribution in [0, 0.1) is 0 Å². The molecular formula is C28H28O4. The van der Waals surface area contributed by atoms with E-state index in [1.807, 2.05) is 91.0 Å². The number of carbonyl (C=O) groups excluding carboxylic acids is 1. The molecule has 3 aromatic carbocycles. The van der Waals surface area contributed by atoms with E-state index in [1.165, 1.54) is 0 Å². The van der Waals surface area contributed by atoms with Gasteiger partial charge in [-0.3, -0.25) is 0 Å². The summed E-state index contributed by atoms with van der Waals surface area (Å²) >= 11 is 0. The molecule has 164 valence electrons. The van der Waals surface area contributed by atoms with Crippen molar-refractivity contribution in [3.8, 4) is 0 Å². The summed E-state index contributed by atoms with van der Waals surface area (Å²) in [6.45, 7) is 7.60. The molecule has 32 heavy (non-hydrogen) atoms. The Kier molecular flexibility index (Phi) is 6.11. The largest absolute Gasteiger partial charge is 0.357 e. The van der Waals surface area contributed by atoms with Gasteiger partial charge in [-0.15, -0.1) is 6.58 Å². The highest BCUT2D eigenvalue weighted by molar-refractivity contribution is 5.60. The van der Waals surface area contributed by atoms with E-state index in [2.05, 4.69) is 6.58 Å². The molecule has 1 saturated heterocycles. The molecule has 1 aliphatic heterocycles. The Balaban J connectivity index is 1.87. The summed E-state index contributed by atoms with van der Waals surface area (Å²) in [5.74, 6) is -0.933. The van der Waals surface area contributed by atoms with Crippen molar-refractivity contribution in [1.29, 1.82) is 0 Å². The lowest BCUT2D eigenvalue weighted by molar-refractivity contribution is -0.170. The van der Waals surface area contributed by atoms with Gasteiger partial charge in [-0.05, 0) is 30.5 Å². The fourth-order valence-corrected chi connectivity index (χ4v) is 4.41. The van der Waals surface area contributed by atoms with E-state index >= 15 is 0 Å². The van der Waals surface area contributed by atoms with Crippen molar-refractivity contribution in [3.05, 3.63) is 120 Å². The predicted molar refractivity (Wildman–Crippen MR) is 124 cm³/mol. The van der Waals surface area contributed by atoms with Crippen LogP contribution < -0.4 is 0 Å². The van der Waals surface area contributed by atoms with Gasteiger partial charge in [0.1, 0.15) is 11.2 Å². The number of hydrogen-bond acceptors (Lipinski definition) is 4. The molecule has 0 bridgehead atoms. The average molecular weight is 429 g/mol. The standard InChI is InChI=1S/C28H28O4/c1-4-27(25(20-29)31-26(2,3)32-27)21-30-28(22-14-8-5-9-15-22,23-16-10-6-11-17-23)24-18-12-7-13-19-24/h4-20,25H,1,21H2,2-3H3/t25-,27-/m0/s1. The van der Waals surface area contributed by atoms with Gasteiger partial charge in [-0.1, -0.05) is 97.1 Å². The van der Waals surface area contributed by atoms with Gasteiger partial charge >= 0.3 is 0 Å². The second-order valence-corrected chi connectivity index (χ2v) is 8.40. The van der Waals surface area contributed by atoms with Crippen LogP contribution in [-0.2, 0) is 24.6 Å². The molecule has 3 aromatic rings. The highest BCUT2D eigenvalue weighted by Crippen LogP contribution is 2.44. The zero-order chi connectivity index (χ0) is 22.7. The Morgan fingerprint density at radius 2 is 1.31 bits per heavy atom. The number of ether oxygens (including phenoxy) is 3. The van der Waals surface area contributed by atoms with Gasteiger partial charge in [0, 0.05) is 0 Å². The Hall–Kier alpha value is -3.05. The van der Waals surface area contributed by atoms with Crippen LogP contribution in [0.3, 0.4) is 0 Å². The maximum Gasteiger partial charge on any atom is 0.165 e. The molecule has 4 nitrogen and oxygen atoms in total. The first kappa shape index (κ1) is 22.2. The van der Waals surface area contributed by atoms with E-state index < -0.39 is 23.1 Å². The molecule has 0 radical (unpaired) electrons. The van der Waals surface area contributed by atoms with Crippen LogP contribution in [0.25, 0.3) is 0 Å². The van der Waals surface area contributed by atoms with Crippen LogP contribution in [0.1, 0.15) is 30.5 Å². The summed E-state index contributed by atoms with van der Waals surface area (Å²) in [5, 5.41) is 0. The predicted octanol–water partition coefficient (Wildman–Crippen LogP) is 5.27. The summed E-state index contributed by atoms with van der Waals surface area (Å²) in [4.78, 5) is 11.9. The maximum absolute atomic E-state index is 11.9. The average Bonchev–Trinajstić information content (AvgIpc) is 3.12. The van der Waals surface area contributed by atoms with Crippen LogP contribution in [0.2, 0.25) is 0 Å². The van der Waals surface area contributed by atoms with E-state index in [1.54, 1.807) is 19.9 Å². The Morgan fingerprint density at radius 3 is 1.69 bits per heavy atom. The molecule has 0 aromatic heterocycles. The summed E-state index contributed by atoms with van der Waals surface area (Å²) in [5.41, 5.74) is 0.866. The van der Waals surface area contributed by atoms with E-state index in [-0.39, 0.29) is 6.61 Å². The van der Waals surface area contributed by atoms with Gasteiger partial charge in [0.25, 0.3) is 0 Å². The molecule has 0 amide bonds. The lowest BCUT2D eigenvalue weighted by Crippen LogP contribution is -2.47. The van der Waals surface area contributed by atoms with E-state index in [0.717, 1.165) is 23.0 Å². The molecule has 0 spiro atoms. The minimum atomic E-state index is -1.12. The number of benzene rings is 3. The fraction of sp³-hybridized carbons (Fsp3) is 0.250. The quantitative estimate of drug-likeness (QED) is 0.279. The monoisotopic (exact) mass is 428 g/mol. The first-order valence-corrected chi connectivity index (χ1v) is 10.7. The molecule has 0 aliphatic carbocycles. The van der Waals surface area contributed by atoms with Crippen LogP contribution in [-0.4, -0.2) is 30.4 Å². The lowest BCUT2D eigenvalue weighted by atomic mass is 9.80. The van der Waals surface area contributed by atoms with Gasteiger partial charge in [0.2, 0.25) is 0 Å².